The Balaban J connectivity index is 2.11. The topological polar surface area (TPSA) is 27.7 Å². The van der Waals surface area contributed by atoms with Crippen LogP contribution in [0.25, 0.3) is 0 Å². The fourth-order valence-electron chi connectivity index (χ4n) is 1.70. The van der Waals surface area contributed by atoms with Gasteiger partial charge >= 0.3 is 0 Å². The van der Waals surface area contributed by atoms with Crippen molar-refractivity contribution in [3.8, 4) is 0 Å². The first kappa shape index (κ1) is 9.99. The molecule has 0 aliphatic carbocycles. The Labute approximate surface area is 85.0 Å². The Morgan fingerprint density at radius 2 is 1.86 bits per heavy atom. The molecule has 0 aromatic carbocycles. The maximum absolute atomic E-state index is 5.84. The van der Waals surface area contributed by atoms with Crippen LogP contribution >= 0.6 is 0 Å². The molecule has 0 radical (unpaired) electrons. The van der Waals surface area contributed by atoms with Crippen molar-refractivity contribution in [3.05, 3.63) is 12.3 Å². The number of hydrogen-bond donors (Lipinski definition) is 0. The average molecular weight is 198 g/mol. The molecule has 1 saturated heterocycles. The van der Waals surface area contributed by atoms with E-state index in [1.54, 1.807) is 6.26 Å². The molecule has 3 heteroatoms. The van der Waals surface area contributed by atoms with E-state index in [9.17, 15) is 0 Å². The summed E-state index contributed by atoms with van der Waals surface area (Å²) in [7, 11) is 0. The zero-order valence-corrected chi connectivity index (χ0v) is 9.08. The third kappa shape index (κ3) is 1.66. The molecule has 2 aliphatic rings. The fraction of sp³-hybridized carbons (Fsp3) is 0.818. The lowest BCUT2D eigenvalue weighted by Gasteiger charge is -2.45. The van der Waals surface area contributed by atoms with E-state index in [0.717, 1.165) is 13.2 Å². The van der Waals surface area contributed by atoms with Crippen LogP contribution in [0.15, 0.2) is 12.3 Å². The first-order chi connectivity index (χ1) is 6.54. The lowest BCUT2D eigenvalue weighted by atomic mass is 9.91. The van der Waals surface area contributed by atoms with Gasteiger partial charge < -0.3 is 14.2 Å². The van der Waals surface area contributed by atoms with Crippen molar-refractivity contribution in [2.45, 2.75) is 26.6 Å². The highest BCUT2D eigenvalue weighted by Gasteiger charge is 2.44. The summed E-state index contributed by atoms with van der Waals surface area (Å²) in [4.78, 5) is 0. The van der Waals surface area contributed by atoms with Crippen LogP contribution in [0.1, 0.15) is 20.8 Å². The van der Waals surface area contributed by atoms with Gasteiger partial charge in [0.1, 0.15) is 0 Å². The molecular formula is C11H18O3. The second-order valence-corrected chi connectivity index (χ2v) is 5.00. The third-order valence-electron chi connectivity index (χ3n) is 2.81. The molecule has 2 aliphatic heterocycles. The van der Waals surface area contributed by atoms with Gasteiger partial charge in [-0.3, -0.25) is 0 Å². The Kier molecular flexibility index (Phi) is 2.32. The SMILES string of the molecule is CC1COC=CC12OCC(C)(C)CO2. The van der Waals surface area contributed by atoms with Crippen LogP contribution in [0.2, 0.25) is 0 Å². The predicted molar refractivity (Wildman–Crippen MR) is 52.7 cm³/mol. The maximum Gasteiger partial charge on any atom is 0.196 e. The first-order valence-electron chi connectivity index (χ1n) is 5.11. The van der Waals surface area contributed by atoms with Gasteiger partial charge in [0.15, 0.2) is 5.79 Å². The largest absolute Gasteiger partial charge is 0.501 e. The molecule has 0 bridgehead atoms. The minimum Gasteiger partial charge on any atom is -0.501 e. The van der Waals surface area contributed by atoms with Gasteiger partial charge in [0.2, 0.25) is 0 Å². The average Bonchev–Trinajstić information content (AvgIpc) is 2.15. The Morgan fingerprint density at radius 1 is 1.21 bits per heavy atom. The number of ether oxygens (including phenoxy) is 3. The highest BCUT2D eigenvalue weighted by molar-refractivity contribution is 5.01. The highest BCUT2D eigenvalue weighted by Crippen LogP contribution is 2.36. The molecule has 0 aromatic heterocycles. The van der Waals surface area contributed by atoms with Crippen molar-refractivity contribution in [1.29, 1.82) is 0 Å². The van der Waals surface area contributed by atoms with Gasteiger partial charge in [-0.1, -0.05) is 20.8 Å². The van der Waals surface area contributed by atoms with E-state index in [2.05, 4.69) is 20.8 Å². The molecule has 3 nitrogen and oxygen atoms in total. The molecule has 2 rings (SSSR count). The van der Waals surface area contributed by atoms with Crippen LogP contribution in [0.3, 0.4) is 0 Å². The van der Waals surface area contributed by atoms with E-state index in [0.29, 0.717) is 6.61 Å². The van der Waals surface area contributed by atoms with Gasteiger partial charge in [0.05, 0.1) is 26.1 Å². The van der Waals surface area contributed by atoms with Crippen LogP contribution in [-0.2, 0) is 14.2 Å². The molecule has 0 amide bonds. The number of rotatable bonds is 0. The van der Waals surface area contributed by atoms with Crippen LogP contribution in [0.5, 0.6) is 0 Å². The second-order valence-electron chi connectivity index (χ2n) is 5.00. The van der Waals surface area contributed by atoms with E-state index in [4.69, 9.17) is 14.2 Å². The maximum atomic E-state index is 5.84. The molecule has 80 valence electrons. The highest BCUT2D eigenvalue weighted by atomic mass is 16.7. The van der Waals surface area contributed by atoms with Gasteiger partial charge in [-0.2, -0.15) is 0 Å². The predicted octanol–water partition coefficient (Wildman–Crippen LogP) is 1.94. The molecule has 1 spiro atoms. The quantitative estimate of drug-likeness (QED) is 0.595. The van der Waals surface area contributed by atoms with Gasteiger partial charge in [-0.25, -0.2) is 0 Å². The third-order valence-corrected chi connectivity index (χ3v) is 2.81. The smallest absolute Gasteiger partial charge is 0.196 e. The molecule has 14 heavy (non-hydrogen) atoms. The van der Waals surface area contributed by atoms with Gasteiger partial charge in [-0.05, 0) is 0 Å². The van der Waals surface area contributed by atoms with Gasteiger partial charge in [0, 0.05) is 17.4 Å². The summed E-state index contributed by atoms with van der Waals surface area (Å²) < 4.78 is 16.9. The molecular weight excluding hydrogens is 180 g/mol. The molecule has 1 unspecified atom stereocenters. The van der Waals surface area contributed by atoms with Crippen LogP contribution < -0.4 is 0 Å². The lowest BCUT2D eigenvalue weighted by Crippen LogP contribution is -2.52. The Bertz CT molecular complexity index is 235. The van der Waals surface area contributed by atoms with Crippen molar-refractivity contribution in [3.63, 3.8) is 0 Å². The molecule has 0 aromatic rings. The number of hydrogen-bond acceptors (Lipinski definition) is 3. The summed E-state index contributed by atoms with van der Waals surface area (Å²) in [5.41, 5.74) is 0.122. The Morgan fingerprint density at radius 3 is 2.43 bits per heavy atom. The molecule has 0 saturated carbocycles. The molecule has 1 atom stereocenters. The summed E-state index contributed by atoms with van der Waals surface area (Å²) >= 11 is 0. The minimum absolute atomic E-state index is 0.122. The Hall–Kier alpha value is -0.540. The van der Waals surface area contributed by atoms with Gasteiger partial charge in [-0.15, -0.1) is 0 Å². The monoisotopic (exact) mass is 198 g/mol. The van der Waals surface area contributed by atoms with E-state index < -0.39 is 5.79 Å². The van der Waals surface area contributed by atoms with Crippen LogP contribution in [0, 0.1) is 11.3 Å². The fourth-order valence-corrected chi connectivity index (χ4v) is 1.70. The summed E-state index contributed by atoms with van der Waals surface area (Å²) in [6, 6.07) is 0. The normalized spacial score (nSPS) is 34.1. The van der Waals surface area contributed by atoms with Crippen molar-refractivity contribution in [2.75, 3.05) is 19.8 Å². The zero-order valence-electron chi connectivity index (χ0n) is 9.08. The summed E-state index contributed by atoms with van der Waals surface area (Å²) in [6.07, 6.45) is 3.56. The summed E-state index contributed by atoms with van der Waals surface area (Å²) in [5, 5.41) is 0. The molecule has 1 fully saturated rings. The van der Waals surface area contributed by atoms with E-state index in [1.165, 1.54) is 0 Å². The van der Waals surface area contributed by atoms with Crippen molar-refractivity contribution < 1.29 is 14.2 Å². The summed E-state index contributed by atoms with van der Waals surface area (Å²) in [6.45, 7) is 8.52. The van der Waals surface area contributed by atoms with Crippen LogP contribution in [-0.4, -0.2) is 25.6 Å². The first-order valence-corrected chi connectivity index (χ1v) is 5.11. The van der Waals surface area contributed by atoms with Crippen molar-refractivity contribution in [1.82, 2.24) is 0 Å². The minimum atomic E-state index is -0.534. The van der Waals surface area contributed by atoms with Gasteiger partial charge in [0.25, 0.3) is 0 Å². The molecule has 2 heterocycles. The summed E-state index contributed by atoms with van der Waals surface area (Å²) in [5.74, 6) is -0.281. The van der Waals surface area contributed by atoms with Crippen molar-refractivity contribution >= 4 is 0 Å². The van der Waals surface area contributed by atoms with Crippen LogP contribution in [0.4, 0.5) is 0 Å². The van der Waals surface area contributed by atoms with E-state index in [-0.39, 0.29) is 11.3 Å². The van der Waals surface area contributed by atoms with E-state index >= 15 is 0 Å². The zero-order chi connectivity index (χ0) is 10.2. The lowest BCUT2D eigenvalue weighted by molar-refractivity contribution is -0.301. The standard InChI is InChI=1S/C11H18O3/c1-9-6-12-5-4-11(9)13-7-10(2,3)8-14-11/h4-5,9H,6-8H2,1-3H3. The van der Waals surface area contributed by atoms with Crippen molar-refractivity contribution in [2.24, 2.45) is 11.3 Å². The van der Waals surface area contributed by atoms with E-state index in [1.807, 2.05) is 6.08 Å². The second kappa shape index (κ2) is 3.24. The molecule has 0 N–H and O–H groups in total.